The number of fused-ring (bicyclic) bond motifs is 1. The van der Waals surface area contributed by atoms with E-state index in [9.17, 15) is 0 Å². The number of aryl methyl sites for hydroxylation is 1. The Morgan fingerprint density at radius 3 is 2.48 bits per heavy atom. The highest BCUT2D eigenvalue weighted by Gasteiger charge is 2.24. The normalized spacial score (nSPS) is 17.0. The average molecular weight is 340 g/mol. The van der Waals surface area contributed by atoms with Crippen LogP contribution >= 0.6 is 0 Å². The minimum Gasteiger partial charge on any atom is -0.493 e. The number of benzene rings is 2. The van der Waals surface area contributed by atoms with Crippen molar-refractivity contribution in [2.75, 3.05) is 45.0 Å². The van der Waals surface area contributed by atoms with Crippen LogP contribution in [0.25, 0.3) is 0 Å². The SMILES string of the molecule is COc1cc(N2CCN(Cc3ccc(C)cc3)CC2)cc2c1OCO2. The highest BCUT2D eigenvalue weighted by Crippen LogP contribution is 2.44. The first-order valence-corrected chi connectivity index (χ1v) is 8.73. The lowest BCUT2D eigenvalue weighted by Crippen LogP contribution is -2.45. The molecular formula is C20H24N2O3. The van der Waals surface area contributed by atoms with E-state index in [1.165, 1.54) is 11.1 Å². The van der Waals surface area contributed by atoms with Crippen LogP contribution in [-0.4, -0.2) is 45.0 Å². The lowest BCUT2D eigenvalue weighted by Gasteiger charge is -2.36. The molecule has 0 aromatic heterocycles. The van der Waals surface area contributed by atoms with Crippen LogP contribution in [0.15, 0.2) is 36.4 Å². The Kier molecular flexibility index (Phi) is 4.40. The van der Waals surface area contributed by atoms with Crippen LogP contribution in [0.2, 0.25) is 0 Å². The average Bonchev–Trinajstić information content (AvgIpc) is 3.12. The summed E-state index contributed by atoms with van der Waals surface area (Å²) in [5.74, 6) is 2.23. The van der Waals surface area contributed by atoms with E-state index in [0.29, 0.717) is 5.75 Å². The van der Waals surface area contributed by atoms with Crippen LogP contribution in [0.5, 0.6) is 17.2 Å². The van der Waals surface area contributed by atoms with Crippen molar-refractivity contribution in [3.63, 3.8) is 0 Å². The number of rotatable bonds is 4. The Labute approximate surface area is 148 Å². The largest absolute Gasteiger partial charge is 0.493 e. The number of methoxy groups -OCH3 is 1. The van der Waals surface area contributed by atoms with Gasteiger partial charge in [-0.2, -0.15) is 0 Å². The Bertz CT molecular complexity index is 737. The highest BCUT2D eigenvalue weighted by molar-refractivity contribution is 5.64. The smallest absolute Gasteiger partial charge is 0.231 e. The van der Waals surface area contributed by atoms with Crippen LogP contribution in [0, 0.1) is 6.92 Å². The van der Waals surface area contributed by atoms with Crippen molar-refractivity contribution in [2.24, 2.45) is 0 Å². The van der Waals surface area contributed by atoms with E-state index in [1.807, 2.05) is 6.07 Å². The first-order chi connectivity index (χ1) is 12.2. The molecule has 0 atom stereocenters. The van der Waals surface area contributed by atoms with Gasteiger partial charge in [0.25, 0.3) is 0 Å². The second kappa shape index (κ2) is 6.84. The molecule has 2 aromatic carbocycles. The number of ether oxygens (including phenoxy) is 3. The third-order valence-electron chi connectivity index (χ3n) is 4.91. The lowest BCUT2D eigenvalue weighted by molar-refractivity contribution is 0.171. The summed E-state index contributed by atoms with van der Waals surface area (Å²) in [6, 6.07) is 12.9. The van der Waals surface area contributed by atoms with Crippen LogP contribution in [0.1, 0.15) is 11.1 Å². The molecule has 0 unspecified atom stereocenters. The molecule has 2 heterocycles. The van der Waals surface area contributed by atoms with Gasteiger partial charge < -0.3 is 19.1 Å². The predicted octanol–water partition coefficient (Wildman–Crippen LogP) is 3.05. The molecule has 0 saturated carbocycles. The molecule has 0 bridgehead atoms. The zero-order valence-electron chi connectivity index (χ0n) is 14.8. The van der Waals surface area contributed by atoms with Crippen molar-refractivity contribution in [2.45, 2.75) is 13.5 Å². The molecule has 2 aliphatic rings. The Balaban J connectivity index is 1.41. The summed E-state index contributed by atoms with van der Waals surface area (Å²) in [7, 11) is 1.67. The third kappa shape index (κ3) is 3.37. The monoisotopic (exact) mass is 340 g/mol. The lowest BCUT2D eigenvalue weighted by atomic mass is 10.1. The Morgan fingerprint density at radius 1 is 1.00 bits per heavy atom. The van der Waals surface area contributed by atoms with Gasteiger partial charge in [0.15, 0.2) is 11.5 Å². The van der Waals surface area contributed by atoms with Gasteiger partial charge in [0, 0.05) is 50.5 Å². The fourth-order valence-corrected chi connectivity index (χ4v) is 3.41. The van der Waals surface area contributed by atoms with E-state index in [2.05, 4.69) is 47.1 Å². The maximum atomic E-state index is 5.54. The van der Waals surface area contributed by atoms with Crippen molar-refractivity contribution in [1.82, 2.24) is 4.90 Å². The molecule has 1 saturated heterocycles. The summed E-state index contributed by atoms with van der Waals surface area (Å²) in [5.41, 5.74) is 3.82. The number of nitrogens with zero attached hydrogens (tertiary/aromatic N) is 2. The number of anilines is 1. The Hall–Kier alpha value is -2.40. The molecule has 1 fully saturated rings. The van der Waals surface area contributed by atoms with Crippen molar-refractivity contribution in [3.8, 4) is 17.2 Å². The second-order valence-corrected chi connectivity index (χ2v) is 6.63. The van der Waals surface area contributed by atoms with Crippen LogP contribution in [0.4, 0.5) is 5.69 Å². The molecule has 25 heavy (non-hydrogen) atoms. The molecule has 0 aliphatic carbocycles. The van der Waals surface area contributed by atoms with Crippen LogP contribution < -0.4 is 19.1 Å². The molecule has 4 rings (SSSR count). The molecule has 5 nitrogen and oxygen atoms in total. The summed E-state index contributed by atoms with van der Waals surface area (Å²) in [4.78, 5) is 4.89. The summed E-state index contributed by atoms with van der Waals surface area (Å²) in [6.45, 7) is 7.48. The standard InChI is InChI=1S/C20H24N2O3/c1-15-3-5-16(6-4-15)13-21-7-9-22(10-8-21)17-11-18(23-2)20-19(12-17)24-14-25-20/h3-6,11-12H,7-10,13-14H2,1-2H3. The minimum absolute atomic E-state index is 0.263. The first kappa shape index (κ1) is 16.1. The molecule has 0 amide bonds. The first-order valence-electron chi connectivity index (χ1n) is 8.73. The van der Waals surface area contributed by atoms with Gasteiger partial charge in [-0.3, -0.25) is 4.90 Å². The van der Waals surface area contributed by atoms with Crippen LogP contribution in [0.3, 0.4) is 0 Å². The van der Waals surface area contributed by atoms with Gasteiger partial charge in [-0.1, -0.05) is 29.8 Å². The fraction of sp³-hybridized carbons (Fsp3) is 0.400. The molecule has 0 N–H and O–H groups in total. The van der Waals surface area contributed by atoms with Crippen molar-refractivity contribution >= 4 is 5.69 Å². The molecular weight excluding hydrogens is 316 g/mol. The maximum absolute atomic E-state index is 5.54. The summed E-state index contributed by atoms with van der Waals surface area (Å²) < 4.78 is 16.5. The van der Waals surface area contributed by atoms with Gasteiger partial charge in [-0.15, -0.1) is 0 Å². The van der Waals surface area contributed by atoms with Gasteiger partial charge in [0.05, 0.1) is 7.11 Å². The van der Waals surface area contributed by atoms with Gasteiger partial charge >= 0.3 is 0 Å². The van der Waals surface area contributed by atoms with Gasteiger partial charge in [-0.25, -0.2) is 0 Å². The van der Waals surface area contributed by atoms with Crippen molar-refractivity contribution in [3.05, 3.63) is 47.5 Å². The molecule has 132 valence electrons. The third-order valence-corrected chi connectivity index (χ3v) is 4.91. The molecule has 5 heteroatoms. The van der Waals surface area contributed by atoms with E-state index >= 15 is 0 Å². The zero-order chi connectivity index (χ0) is 17.2. The van der Waals surface area contributed by atoms with Gasteiger partial charge in [0.2, 0.25) is 12.5 Å². The summed E-state index contributed by atoms with van der Waals surface area (Å²) >= 11 is 0. The number of hydrogen-bond acceptors (Lipinski definition) is 5. The summed E-state index contributed by atoms with van der Waals surface area (Å²) in [6.07, 6.45) is 0. The zero-order valence-corrected chi connectivity index (χ0v) is 14.8. The second-order valence-electron chi connectivity index (χ2n) is 6.63. The maximum Gasteiger partial charge on any atom is 0.231 e. The quantitative estimate of drug-likeness (QED) is 0.855. The Morgan fingerprint density at radius 2 is 1.76 bits per heavy atom. The van der Waals surface area contributed by atoms with E-state index in [1.54, 1.807) is 7.11 Å². The van der Waals surface area contributed by atoms with Crippen molar-refractivity contribution in [1.29, 1.82) is 0 Å². The van der Waals surface area contributed by atoms with E-state index in [-0.39, 0.29) is 6.79 Å². The molecule has 2 aromatic rings. The predicted molar refractivity (Wildman–Crippen MR) is 97.8 cm³/mol. The van der Waals surface area contributed by atoms with E-state index < -0.39 is 0 Å². The molecule has 0 radical (unpaired) electrons. The topological polar surface area (TPSA) is 34.2 Å². The van der Waals surface area contributed by atoms with Gasteiger partial charge in [-0.05, 0) is 12.5 Å². The molecule has 0 spiro atoms. The number of piperazine rings is 1. The van der Waals surface area contributed by atoms with Crippen LogP contribution in [-0.2, 0) is 6.54 Å². The minimum atomic E-state index is 0.263. The van der Waals surface area contributed by atoms with E-state index in [4.69, 9.17) is 14.2 Å². The number of hydrogen-bond donors (Lipinski definition) is 0. The van der Waals surface area contributed by atoms with E-state index in [0.717, 1.165) is 49.9 Å². The van der Waals surface area contributed by atoms with Gasteiger partial charge in [0.1, 0.15) is 0 Å². The fourth-order valence-electron chi connectivity index (χ4n) is 3.41. The molecule has 2 aliphatic heterocycles. The van der Waals surface area contributed by atoms with Crippen molar-refractivity contribution < 1.29 is 14.2 Å². The summed E-state index contributed by atoms with van der Waals surface area (Å²) in [5, 5.41) is 0. The highest BCUT2D eigenvalue weighted by atomic mass is 16.7.